The summed E-state index contributed by atoms with van der Waals surface area (Å²) in [4.78, 5) is 11.6. The molecule has 0 N–H and O–H groups in total. The van der Waals surface area contributed by atoms with E-state index in [4.69, 9.17) is 9.47 Å². The quantitative estimate of drug-likeness (QED) is 0.645. The Morgan fingerprint density at radius 2 is 2.00 bits per heavy atom. The molecule has 2 fully saturated rings. The molecule has 2 aliphatic rings. The van der Waals surface area contributed by atoms with Crippen molar-refractivity contribution in [1.82, 2.24) is 0 Å². The fourth-order valence-corrected chi connectivity index (χ4v) is 3.14. The molecule has 3 heteroatoms. The highest BCUT2D eigenvalue weighted by Gasteiger charge is 2.54. The second-order valence-corrected chi connectivity index (χ2v) is 5.73. The maximum Gasteiger partial charge on any atom is 0.337 e. The van der Waals surface area contributed by atoms with Gasteiger partial charge in [-0.1, -0.05) is 20.8 Å². The molecule has 1 saturated carbocycles. The summed E-state index contributed by atoms with van der Waals surface area (Å²) in [5, 5.41) is 0. The Morgan fingerprint density at radius 1 is 1.31 bits per heavy atom. The number of esters is 1. The highest BCUT2D eigenvalue weighted by molar-refractivity contribution is 5.76. The molecule has 1 spiro atoms. The van der Waals surface area contributed by atoms with Gasteiger partial charge in [0, 0.05) is 12.3 Å². The van der Waals surface area contributed by atoms with Gasteiger partial charge >= 0.3 is 5.97 Å². The molecule has 92 valence electrons. The van der Waals surface area contributed by atoms with Crippen LogP contribution in [0.25, 0.3) is 0 Å². The van der Waals surface area contributed by atoms with E-state index in [1.807, 2.05) is 0 Å². The number of carbonyl (C=O) groups is 1. The lowest BCUT2D eigenvalue weighted by atomic mass is 9.73. The van der Waals surface area contributed by atoms with E-state index < -0.39 is 11.9 Å². The molecule has 2 rings (SSSR count). The normalized spacial score (nSPS) is 44.1. The van der Waals surface area contributed by atoms with Crippen molar-refractivity contribution >= 4 is 5.97 Å². The predicted octanol–water partition coefficient (Wildman–Crippen LogP) is 2.74. The minimum absolute atomic E-state index is 0.195. The van der Waals surface area contributed by atoms with Crippen LogP contribution in [-0.4, -0.2) is 17.9 Å². The molecule has 0 aromatic carbocycles. The fourth-order valence-electron chi connectivity index (χ4n) is 3.14. The third-order valence-electron chi connectivity index (χ3n) is 3.95. The zero-order chi connectivity index (χ0) is 11.9. The van der Waals surface area contributed by atoms with Crippen LogP contribution < -0.4 is 0 Å². The summed E-state index contributed by atoms with van der Waals surface area (Å²) in [6.45, 7) is 8.36. The lowest BCUT2D eigenvalue weighted by Gasteiger charge is -2.43. The van der Waals surface area contributed by atoms with Crippen LogP contribution in [0.3, 0.4) is 0 Å². The van der Waals surface area contributed by atoms with Crippen LogP contribution in [0, 0.1) is 17.8 Å². The number of hydrogen-bond donors (Lipinski definition) is 0. The Morgan fingerprint density at radius 3 is 2.50 bits per heavy atom. The van der Waals surface area contributed by atoms with Gasteiger partial charge in [-0.25, -0.2) is 4.79 Å². The molecular formula is C13H22O3. The SMILES string of the molecule is CC(C)[C@@H]1CC[C@@H](C)C[C@@]12OC(=O)[C@H](C)O2. The van der Waals surface area contributed by atoms with Gasteiger partial charge in [-0.05, 0) is 31.6 Å². The summed E-state index contributed by atoms with van der Waals surface area (Å²) in [7, 11) is 0. The summed E-state index contributed by atoms with van der Waals surface area (Å²) < 4.78 is 11.5. The summed E-state index contributed by atoms with van der Waals surface area (Å²) in [5.41, 5.74) is 0. The zero-order valence-corrected chi connectivity index (χ0v) is 10.7. The molecule has 0 amide bonds. The van der Waals surface area contributed by atoms with E-state index in [0.29, 0.717) is 17.8 Å². The van der Waals surface area contributed by atoms with Gasteiger partial charge < -0.3 is 9.47 Å². The van der Waals surface area contributed by atoms with Gasteiger partial charge in [-0.15, -0.1) is 0 Å². The lowest BCUT2D eigenvalue weighted by Crippen LogP contribution is -2.46. The van der Waals surface area contributed by atoms with Crippen molar-refractivity contribution in [2.75, 3.05) is 0 Å². The molecule has 3 nitrogen and oxygen atoms in total. The van der Waals surface area contributed by atoms with Gasteiger partial charge in [0.1, 0.15) is 0 Å². The number of carbonyl (C=O) groups excluding carboxylic acids is 1. The van der Waals surface area contributed by atoms with Crippen LogP contribution in [0.1, 0.15) is 47.0 Å². The Bertz CT molecular complexity index is 287. The first-order valence-electron chi connectivity index (χ1n) is 6.35. The van der Waals surface area contributed by atoms with Crippen molar-refractivity contribution in [2.24, 2.45) is 17.8 Å². The Hall–Kier alpha value is -0.570. The molecule has 1 heterocycles. The van der Waals surface area contributed by atoms with E-state index in [0.717, 1.165) is 12.8 Å². The van der Waals surface area contributed by atoms with E-state index in [2.05, 4.69) is 20.8 Å². The van der Waals surface area contributed by atoms with Crippen LogP contribution in [0.5, 0.6) is 0 Å². The number of hydrogen-bond acceptors (Lipinski definition) is 3. The summed E-state index contributed by atoms with van der Waals surface area (Å²) in [5.74, 6) is 0.596. The maximum absolute atomic E-state index is 11.6. The third-order valence-corrected chi connectivity index (χ3v) is 3.95. The van der Waals surface area contributed by atoms with Crippen molar-refractivity contribution < 1.29 is 14.3 Å². The van der Waals surface area contributed by atoms with Gasteiger partial charge in [-0.3, -0.25) is 0 Å². The monoisotopic (exact) mass is 226 g/mol. The van der Waals surface area contributed by atoms with Crippen molar-refractivity contribution in [1.29, 1.82) is 0 Å². The van der Waals surface area contributed by atoms with Crippen LogP contribution in [0.4, 0.5) is 0 Å². The third kappa shape index (κ3) is 1.86. The van der Waals surface area contributed by atoms with E-state index in [1.165, 1.54) is 6.42 Å². The standard InChI is InChI=1S/C13H22O3/c1-8(2)11-6-5-9(3)7-13(11)15-10(4)12(14)16-13/h8-11H,5-7H2,1-4H3/t9-,10+,11+,13-/m1/s1. The van der Waals surface area contributed by atoms with Crippen LogP contribution >= 0.6 is 0 Å². The van der Waals surface area contributed by atoms with Gasteiger partial charge in [0.15, 0.2) is 6.10 Å². The molecular weight excluding hydrogens is 204 g/mol. The zero-order valence-electron chi connectivity index (χ0n) is 10.7. The van der Waals surface area contributed by atoms with E-state index >= 15 is 0 Å². The molecule has 0 unspecified atom stereocenters. The van der Waals surface area contributed by atoms with E-state index in [9.17, 15) is 4.79 Å². The smallest absolute Gasteiger partial charge is 0.337 e. The Labute approximate surface area is 97.5 Å². The molecule has 1 aliphatic carbocycles. The average Bonchev–Trinajstić information content (AvgIpc) is 2.41. The van der Waals surface area contributed by atoms with Crippen molar-refractivity contribution in [3.63, 3.8) is 0 Å². The molecule has 4 atom stereocenters. The van der Waals surface area contributed by atoms with E-state index in [-0.39, 0.29) is 5.97 Å². The molecule has 0 radical (unpaired) electrons. The van der Waals surface area contributed by atoms with Crippen LogP contribution in [-0.2, 0) is 14.3 Å². The van der Waals surface area contributed by atoms with Gasteiger partial charge in [0.05, 0.1) is 0 Å². The maximum atomic E-state index is 11.6. The second kappa shape index (κ2) is 4.02. The molecule has 16 heavy (non-hydrogen) atoms. The van der Waals surface area contributed by atoms with Gasteiger partial charge in [0.2, 0.25) is 5.79 Å². The minimum Gasteiger partial charge on any atom is -0.431 e. The predicted molar refractivity (Wildman–Crippen MR) is 60.7 cm³/mol. The fraction of sp³-hybridized carbons (Fsp3) is 0.923. The highest BCUT2D eigenvalue weighted by Crippen LogP contribution is 2.47. The number of rotatable bonds is 1. The largest absolute Gasteiger partial charge is 0.431 e. The minimum atomic E-state index is -0.623. The molecule has 0 bridgehead atoms. The molecule has 1 aliphatic heterocycles. The topological polar surface area (TPSA) is 35.5 Å². The molecule has 0 aromatic heterocycles. The van der Waals surface area contributed by atoms with Gasteiger partial charge in [0.25, 0.3) is 0 Å². The van der Waals surface area contributed by atoms with Gasteiger partial charge in [-0.2, -0.15) is 0 Å². The van der Waals surface area contributed by atoms with Crippen LogP contribution in [0.15, 0.2) is 0 Å². The summed E-state index contributed by atoms with van der Waals surface area (Å²) >= 11 is 0. The Kier molecular flexibility index (Phi) is 2.99. The Balaban J connectivity index is 2.23. The molecule has 1 saturated heterocycles. The summed E-state index contributed by atoms with van der Waals surface area (Å²) in [6, 6.07) is 0. The second-order valence-electron chi connectivity index (χ2n) is 5.73. The lowest BCUT2D eigenvalue weighted by molar-refractivity contribution is -0.235. The van der Waals surface area contributed by atoms with Crippen molar-refractivity contribution in [3.05, 3.63) is 0 Å². The highest BCUT2D eigenvalue weighted by atomic mass is 16.8. The first-order valence-corrected chi connectivity index (χ1v) is 6.35. The summed E-state index contributed by atoms with van der Waals surface area (Å²) in [6.07, 6.45) is 2.76. The average molecular weight is 226 g/mol. The number of ether oxygens (including phenoxy) is 2. The molecule has 0 aromatic rings. The van der Waals surface area contributed by atoms with E-state index in [1.54, 1.807) is 6.92 Å². The first-order chi connectivity index (χ1) is 7.44. The van der Waals surface area contributed by atoms with Crippen LogP contribution in [0.2, 0.25) is 0 Å². The van der Waals surface area contributed by atoms with Crippen molar-refractivity contribution in [2.45, 2.75) is 58.8 Å². The van der Waals surface area contributed by atoms with Crippen molar-refractivity contribution in [3.8, 4) is 0 Å². The first kappa shape index (κ1) is 11.9.